The van der Waals surface area contributed by atoms with E-state index in [2.05, 4.69) is 5.32 Å². The van der Waals surface area contributed by atoms with Crippen molar-refractivity contribution < 1.29 is 38.1 Å². The number of amides is 3. The Balaban J connectivity index is 3.14. The fraction of sp³-hybridized carbons (Fsp3) is 0.824. The van der Waals surface area contributed by atoms with Gasteiger partial charge in [0.2, 0.25) is 17.7 Å². The second kappa shape index (κ2) is 21.3. The highest BCUT2D eigenvalue weighted by Gasteiger charge is 2.02. The summed E-state index contributed by atoms with van der Waals surface area (Å²) in [6.45, 7) is 4.04. The van der Waals surface area contributed by atoms with Gasteiger partial charge in [-0.15, -0.1) is 0 Å². The van der Waals surface area contributed by atoms with Crippen LogP contribution in [0, 0.1) is 0 Å². The van der Waals surface area contributed by atoms with Gasteiger partial charge in [0.15, 0.2) is 0 Å². The summed E-state index contributed by atoms with van der Waals surface area (Å²) in [4.78, 5) is 32.5. The molecule has 0 bridgehead atoms. The van der Waals surface area contributed by atoms with Crippen molar-refractivity contribution in [3.05, 3.63) is 0 Å². The molecule has 0 saturated heterocycles. The molecule has 0 unspecified atom stereocenters. The van der Waals surface area contributed by atoms with Crippen LogP contribution >= 0.6 is 11.8 Å². The molecule has 3 amide bonds. The topological polar surface area (TPSA) is 161 Å². The van der Waals surface area contributed by atoms with Gasteiger partial charge in [0, 0.05) is 18.7 Å². The predicted molar refractivity (Wildman–Crippen MR) is 107 cm³/mol. The highest BCUT2D eigenvalue weighted by atomic mass is 32.2. The molecule has 0 aliphatic rings. The standard InChI is InChI=1S/C17H33N3O8S/c18-15(21)1-12-29-14-17(23)20-2-3-24-4-5-25-6-7-26-8-9-27-10-11-28-13-16(19)22/h1-14H2,(H2,18,21)(H2,19,22)(H,20,23). The Hall–Kier alpha value is -1.44. The number of ether oxygens (including phenoxy) is 5. The van der Waals surface area contributed by atoms with Gasteiger partial charge in [0.05, 0.1) is 65.2 Å². The summed E-state index contributed by atoms with van der Waals surface area (Å²) < 4.78 is 26.2. The maximum Gasteiger partial charge on any atom is 0.243 e. The quantitative estimate of drug-likeness (QED) is 0.167. The number of rotatable bonds is 22. The van der Waals surface area contributed by atoms with Crippen LogP contribution in [0.1, 0.15) is 6.42 Å². The van der Waals surface area contributed by atoms with Crippen LogP contribution in [0.4, 0.5) is 0 Å². The van der Waals surface area contributed by atoms with Gasteiger partial charge in [-0.25, -0.2) is 0 Å². The first-order valence-electron chi connectivity index (χ1n) is 9.32. The molecule has 11 nitrogen and oxygen atoms in total. The predicted octanol–water partition coefficient (Wildman–Crippen LogP) is -1.72. The van der Waals surface area contributed by atoms with Crippen molar-refractivity contribution in [2.75, 3.05) is 84.1 Å². The summed E-state index contributed by atoms with van der Waals surface area (Å²) in [6, 6.07) is 0. The van der Waals surface area contributed by atoms with E-state index < -0.39 is 5.91 Å². The van der Waals surface area contributed by atoms with Gasteiger partial charge in [-0.2, -0.15) is 11.8 Å². The minimum Gasteiger partial charge on any atom is -0.377 e. The van der Waals surface area contributed by atoms with Gasteiger partial charge in [-0.3, -0.25) is 14.4 Å². The zero-order valence-electron chi connectivity index (χ0n) is 16.7. The summed E-state index contributed by atoms with van der Waals surface area (Å²) in [5.41, 5.74) is 9.93. The summed E-state index contributed by atoms with van der Waals surface area (Å²) in [5.74, 6) is -0.131. The summed E-state index contributed by atoms with van der Waals surface area (Å²) in [5, 5.41) is 2.72. The smallest absolute Gasteiger partial charge is 0.243 e. The van der Waals surface area contributed by atoms with Gasteiger partial charge in [-0.1, -0.05) is 0 Å². The molecule has 0 fully saturated rings. The van der Waals surface area contributed by atoms with Gasteiger partial charge in [-0.05, 0) is 0 Å². The number of carbonyl (C=O) groups excluding carboxylic acids is 3. The van der Waals surface area contributed by atoms with Crippen molar-refractivity contribution in [1.29, 1.82) is 0 Å². The molecule has 0 rings (SSSR count). The third-order valence-electron chi connectivity index (χ3n) is 3.03. The summed E-state index contributed by atoms with van der Waals surface area (Å²) >= 11 is 1.36. The van der Waals surface area contributed by atoms with Gasteiger partial charge in [0.25, 0.3) is 0 Å². The first-order valence-corrected chi connectivity index (χ1v) is 10.5. The van der Waals surface area contributed by atoms with E-state index >= 15 is 0 Å². The Morgan fingerprint density at radius 1 is 0.690 bits per heavy atom. The van der Waals surface area contributed by atoms with Crippen molar-refractivity contribution in [2.45, 2.75) is 6.42 Å². The Morgan fingerprint density at radius 2 is 1.17 bits per heavy atom. The van der Waals surface area contributed by atoms with Crippen LogP contribution in [0.3, 0.4) is 0 Å². The average molecular weight is 440 g/mol. The minimum absolute atomic E-state index is 0.0985. The molecular weight excluding hydrogens is 406 g/mol. The molecule has 0 aromatic heterocycles. The van der Waals surface area contributed by atoms with E-state index in [0.717, 1.165) is 0 Å². The molecule has 0 aromatic carbocycles. The molecule has 0 aliphatic heterocycles. The van der Waals surface area contributed by atoms with E-state index in [1.165, 1.54) is 11.8 Å². The van der Waals surface area contributed by atoms with E-state index in [1.807, 2.05) is 0 Å². The van der Waals surface area contributed by atoms with Crippen molar-refractivity contribution in [1.82, 2.24) is 5.32 Å². The van der Waals surface area contributed by atoms with Gasteiger partial charge < -0.3 is 40.5 Å². The van der Waals surface area contributed by atoms with Crippen LogP contribution in [0.15, 0.2) is 0 Å². The minimum atomic E-state index is -0.505. The molecule has 0 spiro atoms. The number of nitrogens with one attached hydrogen (secondary N) is 1. The molecule has 12 heteroatoms. The first kappa shape index (κ1) is 27.6. The number of hydrogen-bond donors (Lipinski definition) is 3. The van der Waals surface area contributed by atoms with Gasteiger partial charge in [0.1, 0.15) is 6.61 Å². The largest absolute Gasteiger partial charge is 0.377 e. The van der Waals surface area contributed by atoms with Crippen molar-refractivity contribution in [2.24, 2.45) is 11.5 Å². The number of carbonyl (C=O) groups is 3. The van der Waals surface area contributed by atoms with Crippen molar-refractivity contribution in [3.8, 4) is 0 Å². The number of hydrogen-bond acceptors (Lipinski definition) is 9. The Kier molecular flexibility index (Phi) is 20.2. The molecule has 0 radical (unpaired) electrons. The zero-order valence-corrected chi connectivity index (χ0v) is 17.5. The average Bonchev–Trinajstić information content (AvgIpc) is 2.67. The number of nitrogens with two attached hydrogens (primary N) is 2. The maximum absolute atomic E-state index is 11.5. The second-order valence-electron chi connectivity index (χ2n) is 5.59. The lowest BCUT2D eigenvalue weighted by Crippen LogP contribution is -2.29. The lowest BCUT2D eigenvalue weighted by atomic mass is 10.5. The fourth-order valence-corrected chi connectivity index (χ4v) is 2.48. The van der Waals surface area contributed by atoms with Crippen molar-refractivity contribution >= 4 is 29.5 Å². The number of primary amides is 2. The molecule has 0 aromatic rings. The molecule has 0 atom stereocenters. The molecule has 0 aliphatic carbocycles. The molecule has 0 saturated carbocycles. The third-order valence-corrected chi connectivity index (χ3v) is 3.99. The highest BCUT2D eigenvalue weighted by Crippen LogP contribution is 2.00. The summed E-state index contributed by atoms with van der Waals surface area (Å²) in [6.07, 6.45) is 0.273. The molecular formula is C17H33N3O8S. The van der Waals surface area contributed by atoms with Crippen LogP contribution in [-0.4, -0.2) is 102 Å². The third kappa shape index (κ3) is 24.5. The highest BCUT2D eigenvalue weighted by molar-refractivity contribution is 7.99. The first-order chi connectivity index (χ1) is 14.0. The number of thioether (sulfide) groups is 1. The second-order valence-corrected chi connectivity index (χ2v) is 6.69. The van der Waals surface area contributed by atoms with Crippen LogP contribution in [-0.2, 0) is 38.1 Å². The van der Waals surface area contributed by atoms with E-state index in [0.29, 0.717) is 77.5 Å². The van der Waals surface area contributed by atoms with Crippen LogP contribution in [0.25, 0.3) is 0 Å². The van der Waals surface area contributed by atoms with Crippen LogP contribution in [0.5, 0.6) is 0 Å². The zero-order chi connectivity index (χ0) is 21.6. The lowest BCUT2D eigenvalue weighted by Gasteiger charge is -2.08. The normalized spacial score (nSPS) is 10.8. The fourth-order valence-electron chi connectivity index (χ4n) is 1.70. The van der Waals surface area contributed by atoms with Crippen LogP contribution < -0.4 is 16.8 Å². The molecule has 0 heterocycles. The van der Waals surface area contributed by atoms with Crippen molar-refractivity contribution in [3.63, 3.8) is 0 Å². The molecule has 29 heavy (non-hydrogen) atoms. The Labute approximate surface area is 175 Å². The monoisotopic (exact) mass is 439 g/mol. The molecule has 170 valence electrons. The lowest BCUT2D eigenvalue weighted by molar-refractivity contribution is -0.123. The molecule has 5 N–H and O–H groups in total. The Bertz CT molecular complexity index is 443. The summed E-state index contributed by atoms with van der Waals surface area (Å²) in [7, 11) is 0. The Morgan fingerprint density at radius 3 is 1.66 bits per heavy atom. The van der Waals surface area contributed by atoms with E-state index in [4.69, 9.17) is 35.2 Å². The van der Waals surface area contributed by atoms with Gasteiger partial charge >= 0.3 is 0 Å². The van der Waals surface area contributed by atoms with E-state index in [-0.39, 0.29) is 24.8 Å². The van der Waals surface area contributed by atoms with E-state index in [1.54, 1.807) is 0 Å². The van der Waals surface area contributed by atoms with Crippen LogP contribution in [0.2, 0.25) is 0 Å². The maximum atomic E-state index is 11.5. The van der Waals surface area contributed by atoms with E-state index in [9.17, 15) is 14.4 Å². The SMILES string of the molecule is NC(=O)CCSCC(=O)NCCOCCOCCOCCOCCOCC(N)=O.